The van der Waals surface area contributed by atoms with E-state index in [1.54, 1.807) is 30.3 Å². The molecule has 162 valence electrons. The summed E-state index contributed by atoms with van der Waals surface area (Å²) in [7, 11) is 1.28. The fourth-order valence-electron chi connectivity index (χ4n) is 2.48. The first-order valence-corrected chi connectivity index (χ1v) is 9.60. The number of amides is 2. The molecule has 0 saturated heterocycles. The first-order chi connectivity index (χ1) is 14.8. The molecule has 0 aliphatic rings. The number of ether oxygens (including phenoxy) is 2. The van der Waals surface area contributed by atoms with Gasteiger partial charge in [0, 0.05) is 23.0 Å². The lowest BCUT2D eigenvalue weighted by molar-refractivity contribution is -0.114. The molecule has 2 amide bonds. The van der Waals surface area contributed by atoms with Gasteiger partial charge < -0.3 is 20.1 Å². The number of anilines is 2. The predicted molar refractivity (Wildman–Crippen MR) is 116 cm³/mol. The van der Waals surface area contributed by atoms with Gasteiger partial charge in [0.1, 0.15) is 0 Å². The Balaban J connectivity index is 1.98. The first kappa shape index (κ1) is 23.3. The van der Waals surface area contributed by atoms with E-state index in [1.165, 1.54) is 32.2 Å². The van der Waals surface area contributed by atoms with E-state index in [1.807, 2.05) is 6.92 Å². The Morgan fingerprint density at radius 2 is 1.61 bits per heavy atom. The lowest BCUT2D eigenvalue weighted by Crippen LogP contribution is -2.16. The highest BCUT2D eigenvalue weighted by molar-refractivity contribution is 6.10. The Morgan fingerprint density at radius 1 is 0.903 bits per heavy atom. The van der Waals surface area contributed by atoms with E-state index >= 15 is 0 Å². The van der Waals surface area contributed by atoms with Crippen LogP contribution in [0, 0.1) is 0 Å². The molecule has 2 rings (SSSR count). The average molecular weight is 424 g/mol. The number of carbonyl (C=O) groups is 4. The van der Waals surface area contributed by atoms with Gasteiger partial charge in [0.05, 0.1) is 24.8 Å². The van der Waals surface area contributed by atoms with Crippen molar-refractivity contribution in [2.24, 2.45) is 0 Å². The van der Waals surface area contributed by atoms with E-state index in [0.29, 0.717) is 35.5 Å². The minimum Gasteiger partial charge on any atom is -0.465 e. The van der Waals surface area contributed by atoms with Crippen molar-refractivity contribution in [3.8, 4) is 0 Å². The third kappa shape index (κ3) is 7.11. The fourth-order valence-corrected chi connectivity index (χ4v) is 2.48. The van der Waals surface area contributed by atoms with Gasteiger partial charge in [-0.3, -0.25) is 9.59 Å². The molecule has 0 saturated carbocycles. The second kappa shape index (κ2) is 11.3. The Bertz CT molecular complexity index is 995. The van der Waals surface area contributed by atoms with Gasteiger partial charge in [0.15, 0.2) is 0 Å². The number of nitrogens with one attached hydrogen (secondary N) is 2. The average Bonchev–Trinajstić information content (AvgIpc) is 2.77. The lowest BCUT2D eigenvalue weighted by atomic mass is 10.2. The number of carbonyl (C=O) groups excluding carboxylic acids is 4. The van der Waals surface area contributed by atoms with Crippen molar-refractivity contribution in [2.45, 2.75) is 20.3 Å². The zero-order valence-corrected chi connectivity index (χ0v) is 17.6. The summed E-state index contributed by atoms with van der Waals surface area (Å²) in [6.45, 7) is 3.71. The summed E-state index contributed by atoms with van der Waals surface area (Å²) in [6, 6.07) is 12.5. The standard InChI is InChI=1S/C23H24N2O6/c1-4-12-31-23(29)17-6-5-7-19(14-17)24-20(26)13-15(2)21(27)25-18-10-8-16(9-11-18)22(28)30-3/h5-11,13-14H,4,12H2,1-3H3,(H,24,26)(H,25,27)/b15-13+. The summed E-state index contributed by atoms with van der Waals surface area (Å²) >= 11 is 0. The molecule has 0 atom stereocenters. The second-order valence-corrected chi connectivity index (χ2v) is 6.56. The Labute approximate surface area is 180 Å². The highest BCUT2D eigenvalue weighted by Gasteiger charge is 2.11. The van der Waals surface area contributed by atoms with E-state index in [9.17, 15) is 19.2 Å². The van der Waals surface area contributed by atoms with Crippen LogP contribution in [-0.4, -0.2) is 37.5 Å². The summed E-state index contributed by atoms with van der Waals surface area (Å²) in [5.41, 5.74) is 1.71. The zero-order chi connectivity index (χ0) is 22.8. The number of methoxy groups -OCH3 is 1. The van der Waals surface area contributed by atoms with Gasteiger partial charge in [-0.1, -0.05) is 13.0 Å². The van der Waals surface area contributed by atoms with Crippen LogP contribution in [0.1, 0.15) is 41.0 Å². The van der Waals surface area contributed by atoms with Crippen molar-refractivity contribution in [3.63, 3.8) is 0 Å². The van der Waals surface area contributed by atoms with Crippen LogP contribution in [-0.2, 0) is 19.1 Å². The van der Waals surface area contributed by atoms with Crippen LogP contribution >= 0.6 is 0 Å². The van der Waals surface area contributed by atoms with Gasteiger partial charge in [0.2, 0.25) is 5.91 Å². The van der Waals surface area contributed by atoms with Crippen molar-refractivity contribution in [2.75, 3.05) is 24.4 Å². The maximum absolute atomic E-state index is 12.3. The molecule has 0 aliphatic heterocycles. The molecule has 0 unspecified atom stereocenters. The van der Waals surface area contributed by atoms with E-state index in [0.717, 1.165) is 6.08 Å². The molecule has 0 spiro atoms. The smallest absolute Gasteiger partial charge is 0.338 e. The molecule has 0 aromatic heterocycles. The summed E-state index contributed by atoms with van der Waals surface area (Å²) in [4.78, 5) is 47.9. The Morgan fingerprint density at radius 3 is 2.26 bits per heavy atom. The van der Waals surface area contributed by atoms with Crippen LogP contribution in [0.25, 0.3) is 0 Å². The van der Waals surface area contributed by atoms with E-state index in [2.05, 4.69) is 15.4 Å². The molecule has 2 N–H and O–H groups in total. The highest BCUT2D eigenvalue weighted by Crippen LogP contribution is 2.14. The van der Waals surface area contributed by atoms with Crippen LogP contribution in [0.4, 0.5) is 11.4 Å². The van der Waals surface area contributed by atoms with Gasteiger partial charge in [-0.2, -0.15) is 0 Å². The topological polar surface area (TPSA) is 111 Å². The van der Waals surface area contributed by atoms with Gasteiger partial charge in [0.25, 0.3) is 5.91 Å². The molecule has 0 aliphatic carbocycles. The molecule has 0 fully saturated rings. The molecular weight excluding hydrogens is 400 g/mol. The number of rotatable bonds is 8. The predicted octanol–water partition coefficient (Wildman–Crippen LogP) is 3.56. The van der Waals surface area contributed by atoms with Crippen molar-refractivity contribution in [3.05, 3.63) is 71.3 Å². The van der Waals surface area contributed by atoms with Crippen molar-refractivity contribution >= 4 is 35.1 Å². The maximum atomic E-state index is 12.3. The van der Waals surface area contributed by atoms with Crippen LogP contribution in [0.3, 0.4) is 0 Å². The van der Waals surface area contributed by atoms with Crippen LogP contribution in [0.2, 0.25) is 0 Å². The normalized spacial score (nSPS) is 10.7. The molecule has 0 heterocycles. The van der Waals surface area contributed by atoms with E-state index < -0.39 is 23.8 Å². The molecule has 2 aromatic rings. The van der Waals surface area contributed by atoms with Crippen LogP contribution in [0.5, 0.6) is 0 Å². The summed E-state index contributed by atoms with van der Waals surface area (Å²) < 4.78 is 9.69. The second-order valence-electron chi connectivity index (χ2n) is 6.56. The largest absolute Gasteiger partial charge is 0.465 e. The molecular formula is C23H24N2O6. The maximum Gasteiger partial charge on any atom is 0.338 e. The molecule has 8 heteroatoms. The van der Waals surface area contributed by atoms with Gasteiger partial charge >= 0.3 is 11.9 Å². The van der Waals surface area contributed by atoms with Crippen molar-refractivity contribution in [1.82, 2.24) is 0 Å². The highest BCUT2D eigenvalue weighted by atomic mass is 16.5. The van der Waals surface area contributed by atoms with Gasteiger partial charge in [-0.15, -0.1) is 0 Å². The van der Waals surface area contributed by atoms with E-state index in [4.69, 9.17) is 4.74 Å². The third-order valence-corrected chi connectivity index (χ3v) is 4.07. The molecule has 0 radical (unpaired) electrons. The number of hydrogen-bond donors (Lipinski definition) is 2. The molecule has 31 heavy (non-hydrogen) atoms. The van der Waals surface area contributed by atoms with Gasteiger partial charge in [-0.05, 0) is 55.8 Å². The summed E-state index contributed by atoms with van der Waals surface area (Å²) in [5, 5.41) is 5.25. The Kier molecular flexibility index (Phi) is 8.51. The lowest BCUT2D eigenvalue weighted by Gasteiger charge is -2.08. The summed E-state index contributed by atoms with van der Waals surface area (Å²) in [5.74, 6) is -1.94. The SMILES string of the molecule is CCCOC(=O)c1cccc(NC(=O)/C=C(\C)C(=O)Nc2ccc(C(=O)OC)cc2)c1. The fraction of sp³-hybridized carbons (Fsp3) is 0.217. The number of esters is 2. The molecule has 0 bridgehead atoms. The van der Waals surface area contributed by atoms with Gasteiger partial charge in [-0.25, -0.2) is 9.59 Å². The quantitative estimate of drug-likeness (QED) is 0.495. The van der Waals surface area contributed by atoms with Crippen molar-refractivity contribution in [1.29, 1.82) is 0 Å². The van der Waals surface area contributed by atoms with E-state index in [-0.39, 0.29) is 5.57 Å². The number of hydrogen-bond acceptors (Lipinski definition) is 6. The number of benzene rings is 2. The first-order valence-electron chi connectivity index (χ1n) is 9.60. The molecule has 8 nitrogen and oxygen atoms in total. The minimum absolute atomic E-state index is 0.174. The van der Waals surface area contributed by atoms with Crippen LogP contribution in [0.15, 0.2) is 60.2 Å². The zero-order valence-electron chi connectivity index (χ0n) is 17.6. The third-order valence-electron chi connectivity index (χ3n) is 4.07. The monoisotopic (exact) mass is 424 g/mol. The molecule has 2 aromatic carbocycles. The van der Waals surface area contributed by atoms with Crippen LogP contribution < -0.4 is 10.6 Å². The minimum atomic E-state index is -0.521. The Hall–Kier alpha value is -3.94. The summed E-state index contributed by atoms with van der Waals surface area (Å²) in [6.07, 6.45) is 1.87. The van der Waals surface area contributed by atoms with Crippen molar-refractivity contribution < 1.29 is 28.7 Å².